The Hall–Kier alpha value is -3.07. The van der Waals surface area contributed by atoms with Gasteiger partial charge in [0.2, 0.25) is 0 Å². The van der Waals surface area contributed by atoms with Gasteiger partial charge in [-0.1, -0.05) is 18.2 Å². The molecule has 9 heteroatoms. The Labute approximate surface area is 169 Å². The molecular weight excluding hydrogens is 403 g/mol. The van der Waals surface area contributed by atoms with Gasteiger partial charge in [-0.3, -0.25) is 9.56 Å². The zero-order valence-electron chi connectivity index (χ0n) is 16.1. The fraction of sp³-hybridized carbons (Fsp3) is 0.238. The molecule has 0 bridgehead atoms. The Morgan fingerprint density at radius 1 is 1.07 bits per heavy atom. The van der Waals surface area contributed by atoms with Crippen molar-refractivity contribution in [3.8, 4) is 5.69 Å². The molecule has 0 spiro atoms. The van der Waals surface area contributed by atoms with Crippen LogP contribution in [0, 0.1) is 11.6 Å². The maximum Gasteiger partial charge on any atom is 0.418 e. The molecule has 1 atom stereocenters. The molecule has 0 saturated heterocycles. The summed E-state index contributed by atoms with van der Waals surface area (Å²) < 4.78 is 72.5. The van der Waals surface area contributed by atoms with Crippen LogP contribution in [0.25, 0.3) is 5.69 Å². The standard InChI is InChI=1S/C21H17F5N4/c1-11-20-28-10-12(9-27-2)30(20)19-13(5-3-6-14(19)21(24,25)26)18(29-11)17-15(22)7-4-8-16(17)23/h3-8,10-11,27H,9H2,1-2H3. The minimum Gasteiger partial charge on any atom is -0.314 e. The third-order valence-electron chi connectivity index (χ3n) is 4.94. The molecule has 30 heavy (non-hydrogen) atoms. The van der Waals surface area contributed by atoms with Gasteiger partial charge in [-0.2, -0.15) is 13.2 Å². The van der Waals surface area contributed by atoms with Crippen molar-refractivity contribution in [1.29, 1.82) is 0 Å². The van der Waals surface area contributed by atoms with Crippen LogP contribution in [0.3, 0.4) is 0 Å². The molecule has 1 aliphatic heterocycles. The molecule has 2 aromatic carbocycles. The summed E-state index contributed by atoms with van der Waals surface area (Å²) in [6.45, 7) is 1.87. The van der Waals surface area contributed by atoms with Crippen LogP contribution in [0.1, 0.15) is 41.2 Å². The second-order valence-electron chi connectivity index (χ2n) is 6.92. The third-order valence-corrected chi connectivity index (χ3v) is 4.94. The van der Waals surface area contributed by atoms with Crippen LogP contribution in [-0.2, 0) is 12.7 Å². The number of aliphatic imine (C=N–C) groups is 1. The Morgan fingerprint density at radius 2 is 1.73 bits per heavy atom. The number of benzene rings is 2. The van der Waals surface area contributed by atoms with E-state index in [1.54, 1.807) is 14.0 Å². The third kappa shape index (κ3) is 3.19. The van der Waals surface area contributed by atoms with Gasteiger partial charge in [0.1, 0.15) is 23.5 Å². The predicted octanol–water partition coefficient (Wildman–Crippen LogP) is 4.80. The molecule has 1 aliphatic rings. The molecule has 0 fully saturated rings. The minimum atomic E-state index is -4.70. The summed E-state index contributed by atoms with van der Waals surface area (Å²) in [5.41, 5.74) is -1.37. The van der Waals surface area contributed by atoms with Crippen LogP contribution in [0.5, 0.6) is 0 Å². The Bertz CT molecular complexity index is 1130. The summed E-state index contributed by atoms with van der Waals surface area (Å²) in [7, 11) is 1.66. The molecule has 0 saturated carbocycles. The largest absolute Gasteiger partial charge is 0.418 e. The Morgan fingerprint density at radius 3 is 2.37 bits per heavy atom. The molecule has 0 aliphatic carbocycles. The van der Waals surface area contributed by atoms with E-state index in [0.29, 0.717) is 5.69 Å². The zero-order chi connectivity index (χ0) is 21.6. The van der Waals surface area contributed by atoms with E-state index in [0.717, 1.165) is 18.2 Å². The quantitative estimate of drug-likeness (QED) is 0.619. The van der Waals surface area contributed by atoms with E-state index >= 15 is 0 Å². The second kappa shape index (κ2) is 7.32. The van der Waals surface area contributed by atoms with Crippen molar-refractivity contribution in [3.63, 3.8) is 0 Å². The number of alkyl halides is 3. The van der Waals surface area contributed by atoms with E-state index in [9.17, 15) is 22.0 Å². The first-order valence-corrected chi connectivity index (χ1v) is 9.18. The molecule has 1 aromatic heterocycles. The highest BCUT2D eigenvalue weighted by molar-refractivity contribution is 6.16. The fourth-order valence-corrected chi connectivity index (χ4v) is 3.71. The topological polar surface area (TPSA) is 42.2 Å². The molecule has 0 radical (unpaired) electrons. The van der Waals surface area contributed by atoms with E-state index in [-0.39, 0.29) is 29.3 Å². The molecule has 4 rings (SSSR count). The van der Waals surface area contributed by atoms with Crippen molar-refractivity contribution in [1.82, 2.24) is 14.9 Å². The zero-order valence-corrected chi connectivity index (χ0v) is 16.1. The molecule has 1 N–H and O–H groups in total. The van der Waals surface area contributed by atoms with Gasteiger partial charge >= 0.3 is 6.18 Å². The number of hydrogen-bond donors (Lipinski definition) is 1. The van der Waals surface area contributed by atoms with Crippen molar-refractivity contribution in [2.24, 2.45) is 4.99 Å². The van der Waals surface area contributed by atoms with Gasteiger partial charge < -0.3 is 5.32 Å². The molecule has 1 unspecified atom stereocenters. The van der Waals surface area contributed by atoms with Gasteiger partial charge in [0.15, 0.2) is 0 Å². The van der Waals surface area contributed by atoms with E-state index < -0.39 is 35.0 Å². The van der Waals surface area contributed by atoms with Crippen molar-refractivity contribution >= 4 is 5.71 Å². The van der Waals surface area contributed by atoms with Crippen molar-refractivity contribution in [2.75, 3.05) is 7.05 Å². The van der Waals surface area contributed by atoms with Crippen LogP contribution in [0.2, 0.25) is 0 Å². The average molecular weight is 420 g/mol. The number of nitrogens with zero attached hydrogens (tertiary/aromatic N) is 3. The summed E-state index contributed by atoms with van der Waals surface area (Å²) >= 11 is 0. The highest BCUT2D eigenvalue weighted by atomic mass is 19.4. The summed E-state index contributed by atoms with van der Waals surface area (Å²) in [4.78, 5) is 8.69. The number of hydrogen-bond acceptors (Lipinski definition) is 3. The van der Waals surface area contributed by atoms with Crippen LogP contribution in [-0.4, -0.2) is 22.3 Å². The summed E-state index contributed by atoms with van der Waals surface area (Å²) in [5, 5.41) is 2.91. The van der Waals surface area contributed by atoms with Crippen LogP contribution >= 0.6 is 0 Å². The van der Waals surface area contributed by atoms with Crippen LogP contribution in [0.15, 0.2) is 47.6 Å². The van der Waals surface area contributed by atoms with Gasteiger partial charge in [0.25, 0.3) is 0 Å². The molecule has 4 nitrogen and oxygen atoms in total. The van der Waals surface area contributed by atoms with E-state index in [2.05, 4.69) is 15.3 Å². The molecular formula is C21H17F5N4. The first-order chi connectivity index (χ1) is 14.2. The first-order valence-electron chi connectivity index (χ1n) is 9.18. The number of imidazole rings is 1. The maximum atomic E-state index is 14.6. The smallest absolute Gasteiger partial charge is 0.314 e. The Balaban J connectivity index is 2.13. The number of fused-ring (bicyclic) bond motifs is 3. The predicted molar refractivity (Wildman–Crippen MR) is 102 cm³/mol. The molecule has 3 aromatic rings. The van der Waals surface area contributed by atoms with E-state index in [1.165, 1.54) is 29.0 Å². The lowest BCUT2D eigenvalue weighted by molar-refractivity contribution is -0.137. The lowest BCUT2D eigenvalue weighted by Crippen LogP contribution is -2.19. The number of halogens is 5. The molecule has 0 amide bonds. The number of nitrogens with one attached hydrogen (secondary N) is 1. The highest BCUT2D eigenvalue weighted by Gasteiger charge is 2.38. The number of aromatic nitrogens is 2. The normalized spacial score (nSPS) is 16.0. The van der Waals surface area contributed by atoms with Crippen molar-refractivity contribution < 1.29 is 22.0 Å². The van der Waals surface area contributed by atoms with Gasteiger partial charge in [0.05, 0.1) is 34.4 Å². The molecule has 2 heterocycles. The van der Waals surface area contributed by atoms with Gasteiger partial charge in [-0.05, 0) is 32.2 Å². The maximum absolute atomic E-state index is 14.6. The van der Waals surface area contributed by atoms with E-state index in [4.69, 9.17) is 0 Å². The SMILES string of the molecule is CNCc1cnc2n1-c1c(cccc1C(F)(F)F)C(c1c(F)cccc1F)=NC2C. The summed E-state index contributed by atoms with van der Waals surface area (Å²) in [5.74, 6) is -1.55. The van der Waals surface area contributed by atoms with Gasteiger partial charge in [-0.15, -0.1) is 0 Å². The molecule has 156 valence electrons. The number of rotatable bonds is 3. The fourth-order valence-electron chi connectivity index (χ4n) is 3.71. The van der Waals surface area contributed by atoms with Gasteiger partial charge in [0, 0.05) is 12.1 Å². The van der Waals surface area contributed by atoms with Gasteiger partial charge in [-0.25, -0.2) is 13.8 Å². The van der Waals surface area contributed by atoms with Crippen molar-refractivity contribution in [3.05, 3.63) is 82.4 Å². The van der Waals surface area contributed by atoms with Crippen LogP contribution < -0.4 is 5.32 Å². The lowest BCUT2D eigenvalue weighted by Gasteiger charge is -2.20. The number of para-hydroxylation sites is 1. The highest BCUT2D eigenvalue weighted by Crippen LogP contribution is 2.40. The van der Waals surface area contributed by atoms with E-state index in [1.807, 2.05) is 0 Å². The lowest BCUT2D eigenvalue weighted by atomic mass is 9.96. The summed E-state index contributed by atoms with van der Waals surface area (Å²) in [6.07, 6.45) is -3.22. The average Bonchev–Trinajstić information content (AvgIpc) is 3.04. The minimum absolute atomic E-state index is 0.0187. The monoisotopic (exact) mass is 420 g/mol. The summed E-state index contributed by atoms with van der Waals surface area (Å²) in [6, 6.07) is 6.09. The second-order valence-corrected chi connectivity index (χ2v) is 6.92. The Kier molecular flexibility index (Phi) is 4.93. The van der Waals surface area contributed by atoms with Crippen molar-refractivity contribution in [2.45, 2.75) is 25.7 Å². The first kappa shape index (κ1) is 20.2. The van der Waals surface area contributed by atoms with Crippen LogP contribution in [0.4, 0.5) is 22.0 Å².